The van der Waals surface area contributed by atoms with Crippen LogP contribution in [0.1, 0.15) is 18.4 Å². The zero-order chi connectivity index (χ0) is 15.0. The van der Waals surface area contributed by atoms with Crippen LogP contribution in [-0.2, 0) is 16.2 Å². The van der Waals surface area contributed by atoms with Gasteiger partial charge in [0.2, 0.25) is 10.0 Å². The lowest BCUT2D eigenvalue weighted by atomic mass is 10.2. The van der Waals surface area contributed by atoms with Crippen LogP contribution in [0.15, 0.2) is 29.2 Å². The van der Waals surface area contributed by atoms with E-state index in [9.17, 15) is 21.6 Å². The molecule has 8 heteroatoms. The SMILES string of the molecule is O=S(=O)(c1ccccc1C(F)(F)F)N1CCC[C@@H]1CO. The molecule has 0 aromatic heterocycles. The summed E-state index contributed by atoms with van der Waals surface area (Å²) in [5, 5.41) is 9.15. The number of hydrogen-bond donors (Lipinski definition) is 1. The molecule has 4 nitrogen and oxygen atoms in total. The van der Waals surface area contributed by atoms with Gasteiger partial charge in [-0.25, -0.2) is 8.42 Å². The van der Waals surface area contributed by atoms with E-state index < -0.39 is 39.3 Å². The number of hydrogen-bond acceptors (Lipinski definition) is 3. The van der Waals surface area contributed by atoms with E-state index in [-0.39, 0.29) is 6.54 Å². The number of rotatable bonds is 3. The Morgan fingerprint density at radius 1 is 1.30 bits per heavy atom. The number of alkyl halides is 3. The number of aliphatic hydroxyl groups excluding tert-OH is 1. The van der Waals surface area contributed by atoms with Crippen LogP contribution in [0.2, 0.25) is 0 Å². The van der Waals surface area contributed by atoms with Gasteiger partial charge in [0.1, 0.15) is 0 Å². The summed E-state index contributed by atoms with van der Waals surface area (Å²) in [6, 6.07) is 3.45. The average molecular weight is 309 g/mol. The van der Waals surface area contributed by atoms with Crippen molar-refractivity contribution >= 4 is 10.0 Å². The van der Waals surface area contributed by atoms with E-state index in [1.807, 2.05) is 0 Å². The predicted molar refractivity (Wildman–Crippen MR) is 65.4 cm³/mol. The maximum atomic E-state index is 12.9. The molecule has 0 saturated carbocycles. The van der Waals surface area contributed by atoms with Gasteiger partial charge in [-0.3, -0.25) is 0 Å². The number of sulfonamides is 1. The number of aliphatic hydroxyl groups is 1. The summed E-state index contributed by atoms with van der Waals surface area (Å²) in [6.07, 6.45) is -3.76. The summed E-state index contributed by atoms with van der Waals surface area (Å²) in [6.45, 7) is -0.271. The molecule has 0 aliphatic carbocycles. The van der Waals surface area contributed by atoms with E-state index in [0.29, 0.717) is 12.8 Å². The highest BCUT2D eigenvalue weighted by Gasteiger charge is 2.41. The standard InChI is InChI=1S/C12H14F3NO3S/c13-12(14,15)10-5-1-2-6-11(10)20(18,19)16-7-3-4-9(16)8-17/h1-2,5-6,9,17H,3-4,7-8H2/t9-/m1/s1. The van der Waals surface area contributed by atoms with E-state index in [1.54, 1.807) is 0 Å². The summed E-state index contributed by atoms with van der Waals surface area (Å²) in [4.78, 5) is -0.757. The Balaban J connectivity index is 2.50. The first-order chi connectivity index (χ1) is 9.28. The van der Waals surface area contributed by atoms with E-state index in [4.69, 9.17) is 5.11 Å². The van der Waals surface area contributed by atoms with Crippen LogP contribution in [0.25, 0.3) is 0 Å². The third-order valence-electron chi connectivity index (χ3n) is 3.31. The predicted octanol–water partition coefficient (Wildman–Crippen LogP) is 1.85. The van der Waals surface area contributed by atoms with Gasteiger partial charge in [0, 0.05) is 12.6 Å². The van der Waals surface area contributed by atoms with Crippen molar-refractivity contribution in [3.63, 3.8) is 0 Å². The fourth-order valence-electron chi connectivity index (χ4n) is 2.36. The highest BCUT2D eigenvalue weighted by atomic mass is 32.2. The molecule has 0 amide bonds. The molecule has 1 fully saturated rings. The van der Waals surface area contributed by atoms with Gasteiger partial charge >= 0.3 is 6.18 Å². The molecule has 0 radical (unpaired) electrons. The average Bonchev–Trinajstić information content (AvgIpc) is 2.86. The molecule has 0 bridgehead atoms. The van der Waals surface area contributed by atoms with Crippen LogP contribution in [-0.4, -0.2) is 37.0 Å². The Morgan fingerprint density at radius 2 is 1.95 bits per heavy atom. The van der Waals surface area contributed by atoms with Gasteiger partial charge in [0.25, 0.3) is 0 Å². The Morgan fingerprint density at radius 3 is 2.55 bits per heavy atom. The Kier molecular flexibility index (Phi) is 4.08. The van der Waals surface area contributed by atoms with Crippen molar-refractivity contribution in [1.29, 1.82) is 0 Å². The second-order valence-corrected chi connectivity index (χ2v) is 6.45. The maximum Gasteiger partial charge on any atom is 0.417 e. The molecule has 1 N–H and O–H groups in total. The summed E-state index contributed by atoms with van der Waals surface area (Å²) in [5.41, 5.74) is -1.18. The highest BCUT2D eigenvalue weighted by Crippen LogP contribution is 2.36. The minimum absolute atomic E-state index is 0.125. The minimum atomic E-state index is -4.74. The van der Waals surface area contributed by atoms with Crippen molar-refractivity contribution in [3.05, 3.63) is 29.8 Å². The minimum Gasteiger partial charge on any atom is -0.395 e. The highest BCUT2D eigenvalue weighted by molar-refractivity contribution is 7.89. The van der Waals surface area contributed by atoms with Crippen LogP contribution in [0.5, 0.6) is 0 Å². The van der Waals surface area contributed by atoms with Crippen molar-refractivity contribution in [2.24, 2.45) is 0 Å². The van der Waals surface area contributed by atoms with E-state index in [2.05, 4.69) is 0 Å². The molecule has 0 spiro atoms. The quantitative estimate of drug-likeness (QED) is 0.927. The lowest BCUT2D eigenvalue weighted by Crippen LogP contribution is -2.38. The van der Waals surface area contributed by atoms with Gasteiger partial charge in [0.15, 0.2) is 0 Å². The van der Waals surface area contributed by atoms with Crippen molar-refractivity contribution in [2.75, 3.05) is 13.2 Å². The van der Waals surface area contributed by atoms with E-state index in [0.717, 1.165) is 22.5 Å². The zero-order valence-electron chi connectivity index (χ0n) is 10.5. The van der Waals surface area contributed by atoms with Gasteiger partial charge in [0.05, 0.1) is 17.1 Å². The largest absolute Gasteiger partial charge is 0.417 e. The zero-order valence-corrected chi connectivity index (χ0v) is 11.3. The molecule has 1 aromatic carbocycles. The van der Waals surface area contributed by atoms with Gasteiger partial charge < -0.3 is 5.11 Å². The Bertz CT molecular complexity index is 586. The fourth-order valence-corrected chi connectivity index (χ4v) is 4.26. The molecule has 112 valence electrons. The second-order valence-electron chi connectivity index (χ2n) is 4.59. The summed E-state index contributed by atoms with van der Waals surface area (Å²) >= 11 is 0. The normalized spacial score (nSPS) is 21.3. The van der Waals surface area contributed by atoms with Crippen LogP contribution in [0, 0.1) is 0 Å². The van der Waals surface area contributed by atoms with Crippen molar-refractivity contribution < 1.29 is 26.7 Å². The summed E-state index contributed by atoms with van der Waals surface area (Å²) in [7, 11) is -4.26. The number of benzene rings is 1. The molecular formula is C12H14F3NO3S. The first-order valence-corrected chi connectivity index (χ1v) is 7.51. The van der Waals surface area contributed by atoms with E-state index in [1.165, 1.54) is 6.07 Å². The van der Waals surface area contributed by atoms with Crippen LogP contribution >= 0.6 is 0 Å². The Hall–Kier alpha value is -1.12. The molecule has 1 heterocycles. The molecule has 0 unspecified atom stereocenters. The van der Waals surface area contributed by atoms with Crippen LogP contribution < -0.4 is 0 Å². The molecule has 20 heavy (non-hydrogen) atoms. The molecule has 1 aliphatic heterocycles. The topological polar surface area (TPSA) is 57.6 Å². The maximum absolute atomic E-state index is 12.9. The van der Waals surface area contributed by atoms with Gasteiger partial charge in [-0.2, -0.15) is 17.5 Å². The molecular weight excluding hydrogens is 295 g/mol. The third-order valence-corrected chi connectivity index (χ3v) is 5.32. The van der Waals surface area contributed by atoms with Crippen LogP contribution in [0.4, 0.5) is 13.2 Å². The molecule has 1 aliphatic rings. The van der Waals surface area contributed by atoms with Gasteiger partial charge in [-0.1, -0.05) is 12.1 Å². The van der Waals surface area contributed by atoms with Crippen molar-refractivity contribution in [3.8, 4) is 0 Å². The first-order valence-electron chi connectivity index (χ1n) is 6.07. The van der Waals surface area contributed by atoms with E-state index >= 15 is 0 Å². The fraction of sp³-hybridized carbons (Fsp3) is 0.500. The smallest absolute Gasteiger partial charge is 0.395 e. The monoisotopic (exact) mass is 309 g/mol. The molecule has 2 rings (SSSR count). The lowest BCUT2D eigenvalue weighted by Gasteiger charge is -2.24. The number of nitrogens with zero attached hydrogens (tertiary/aromatic N) is 1. The lowest BCUT2D eigenvalue weighted by molar-refractivity contribution is -0.139. The molecule has 1 aromatic rings. The van der Waals surface area contributed by atoms with Gasteiger partial charge in [-0.15, -0.1) is 0 Å². The molecule has 1 saturated heterocycles. The third kappa shape index (κ3) is 2.68. The Labute approximate surface area is 114 Å². The van der Waals surface area contributed by atoms with Crippen LogP contribution in [0.3, 0.4) is 0 Å². The van der Waals surface area contributed by atoms with Crippen molar-refractivity contribution in [1.82, 2.24) is 4.31 Å². The summed E-state index contributed by atoms with van der Waals surface area (Å²) in [5.74, 6) is 0. The van der Waals surface area contributed by atoms with Gasteiger partial charge in [-0.05, 0) is 25.0 Å². The molecule has 1 atom stereocenters. The first kappa shape index (κ1) is 15.3. The van der Waals surface area contributed by atoms with Crippen molar-refractivity contribution in [2.45, 2.75) is 30.0 Å². The number of halogens is 3. The summed E-state index contributed by atoms with van der Waals surface area (Å²) < 4.78 is 64.5. The second kappa shape index (κ2) is 5.34.